The zero-order valence-electron chi connectivity index (χ0n) is 25.6. The van der Waals surface area contributed by atoms with E-state index in [1.807, 2.05) is 12.1 Å². The Hall–Kier alpha value is -4.22. The first-order valence-corrected chi connectivity index (χ1v) is 15.5. The largest absolute Gasteiger partial charge is 0.496 e. The fourth-order valence-corrected chi connectivity index (χ4v) is 7.51. The van der Waals surface area contributed by atoms with Gasteiger partial charge in [0.25, 0.3) is 0 Å². The lowest BCUT2D eigenvalue weighted by molar-refractivity contribution is -0.143. The molecule has 3 aliphatic rings. The van der Waals surface area contributed by atoms with Crippen LogP contribution in [0.25, 0.3) is 11.1 Å². The molecule has 250 valence electrons. The predicted molar refractivity (Wildman–Crippen MR) is 159 cm³/mol. The first kappa shape index (κ1) is 32.7. The summed E-state index contributed by atoms with van der Waals surface area (Å²) in [5.74, 6) is -0.780. The molecule has 2 saturated heterocycles. The van der Waals surface area contributed by atoms with Crippen LogP contribution in [0, 0.1) is 12.8 Å². The van der Waals surface area contributed by atoms with Gasteiger partial charge in [0.05, 0.1) is 36.2 Å². The summed E-state index contributed by atoms with van der Waals surface area (Å²) in [6.07, 6.45) is -8.24. The molecule has 0 spiro atoms. The highest BCUT2D eigenvalue weighted by Gasteiger charge is 2.51. The maximum atomic E-state index is 14.1. The van der Waals surface area contributed by atoms with Crippen molar-refractivity contribution < 1.29 is 50.5 Å². The maximum absolute atomic E-state index is 14.1. The molecule has 2 heterocycles. The minimum absolute atomic E-state index is 0.0502. The summed E-state index contributed by atoms with van der Waals surface area (Å²) < 4.78 is 94.3. The number of carbonyl (C=O) groups excluding carboxylic acids is 1. The van der Waals surface area contributed by atoms with E-state index in [2.05, 4.69) is 0 Å². The Labute approximate surface area is 267 Å². The normalized spacial score (nSPS) is 24.6. The first-order chi connectivity index (χ1) is 22.2. The average Bonchev–Trinajstić information content (AvgIpc) is 3.60. The van der Waals surface area contributed by atoms with Crippen molar-refractivity contribution in [2.45, 2.75) is 81.9 Å². The SMILES string of the molecule is COc1ccc(C2CCC(C(=O)O)CC2)cc1-c1ccc(C(F)(F)F)cc1[C@@H]1CCC2[C@@H](c3cc(C)cc(C(F)(F)F)c3)OC(=O)N21. The van der Waals surface area contributed by atoms with E-state index in [9.17, 15) is 41.0 Å². The van der Waals surface area contributed by atoms with Crippen molar-refractivity contribution in [3.8, 4) is 16.9 Å². The van der Waals surface area contributed by atoms with E-state index in [1.165, 1.54) is 31.1 Å². The number of hydrogen-bond acceptors (Lipinski definition) is 4. The summed E-state index contributed by atoms with van der Waals surface area (Å²) >= 11 is 0. The molecule has 1 aliphatic carbocycles. The van der Waals surface area contributed by atoms with Gasteiger partial charge in [0.2, 0.25) is 0 Å². The molecule has 1 unspecified atom stereocenters. The molecule has 1 saturated carbocycles. The lowest BCUT2D eigenvalue weighted by Gasteiger charge is -2.28. The first-order valence-electron chi connectivity index (χ1n) is 15.5. The fraction of sp³-hybridized carbons (Fsp3) is 0.429. The summed E-state index contributed by atoms with van der Waals surface area (Å²) in [5.41, 5.74) is 0.811. The van der Waals surface area contributed by atoms with Crippen molar-refractivity contribution in [2.24, 2.45) is 5.92 Å². The van der Waals surface area contributed by atoms with Gasteiger partial charge in [-0.15, -0.1) is 0 Å². The molecule has 0 bridgehead atoms. The second kappa shape index (κ2) is 12.1. The molecule has 6 nitrogen and oxygen atoms in total. The number of nitrogens with zero attached hydrogens (tertiary/aromatic N) is 1. The Morgan fingerprint density at radius 1 is 0.830 bits per heavy atom. The molecule has 12 heteroatoms. The summed E-state index contributed by atoms with van der Waals surface area (Å²) in [7, 11) is 1.45. The van der Waals surface area contributed by atoms with Gasteiger partial charge < -0.3 is 14.6 Å². The van der Waals surface area contributed by atoms with Gasteiger partial charge in [0.1, 0.15) is 11.9 Å². The van der Waals surface area contributed by atoms with Gasteiger partial charge in [-0.05, 0) is 110 Å². The van der Waals surface area contributed by atoms with E-state index in [0.717, 1.165) is 29.8 Å². The van der Waals surface area contributed by atoms with Crippen molar-refractivity contribution in [1.29, 1.82) is 0 Å². The fourth-order valence-electron chi connectivity index (χ4n) is 7.51. The zero-order chi connectivity index (χ0) is 33.8. The van der Waals surface area contributed by atoms with Gasteiger partial charge in [-0.1, -0.05) is 23.8 Å². The molecule has 2 aliphatic heterocycles. The molecule has 3 atom stereocenters. The van der Waals surface area contributed by atoms with Crippen LogP contribution < -0.4 is 4.74 Å². The molecule has 1 N–H and O–H groups in total. The van der Waals surface area contributed by atoms with Gasteiger partial charge in [0, 0.05) is 5.56 Å². The second-order valence-electron chi connectivity index (χ2n) is 12.6. The van der Waals surface area contributed by atoms with E-state index in [0.29, 0.717) is 54.5 Å². The van der Waals surface area contributed by atoms with E-state index in [1.54, 1.807) is 6.07 Å². The van der Waals surface area contributed by atoms with Crippen LogP contribution in [0.15, 0.2) is 54.6 Å². The minimum Gasteiger partial charge on any atom is -0.496 e. The van der Waals surface area contributed by atoms with Crippen LogP contribution in [-0.2, 0) is 21.9 Å². The quantitative estimate of drug-likeness (QED) is 0.267. The van der Waals surface area contributed by atoms with Gasteiger partial charge >= 0.3 is 24.4 Å². The van der Waals surface area contributed by atoms with Crippen LogP contribution in [0.5, 0.6) is 5.75 Å². The molecule has 3 aromatic carbocycles. The average molecular weight is 662 g/mol. The number of carboxylic acid groups (broad SMARTS) is 1. The topological polar surface area (TPSA) is 76.1 Å². The number of rotatable bonds is 6. The number of amides is 1. The van der Waals surface area contributed by atoms with Crippen LogP contribution in [0.1, 0.15) is 90.0 Å². The Kier molecular flexibility index (Phi) is 8.42. The van der Waals surface area contributed by atoms with Crippen LogP contribution in [0.4, 0.5) is 31.1 Å². The molecule has 0 aromatic heterocycles. The number of aliphatic carboxylic acids is 1. The third kappa shape index (κ3) is 6.26. The number of halogens is 6. The van der Waals surface area contributed by atoms with Gasteiger partial charge in [-0.2, -0.15) is 26.3 Å². The Morgan fingerprint density at radius 2 is 1.53 bits per heavy atom. The van der Waals surface area contributed by atoms with E-state index >= 15 is 0 Å². The molecule has 3 aromatic rings. The highest BCUT2D eigenvalue weighted by Crippen LogP contribution is 2.51. The van der Waals surface area contributed by atoms with Crippen LogP contribution in [0.2, 0.25) is 0 Å². The van der Waals surface area contributed by atoms with Crippen molar-refractivity contribution in [3.05, 3.63) is 88.0 Å². The number of benzene rings is 3. The standard InChI is InChI=1S/C35H33F6NO5/c1-18-13-22(15-24(14-18)35(39,40)41)31-29-11-10-28(42(29)33(45)47-31)26-17-23(34(36,37)38)8-9-25(26)27-16-21(7-12-30(27)46-2)19-3-5-20(6-4-19)32(43)44/h7-9,12-17,19-20,28-29,31H,3-6,10-11H2,1-2H3,(H,43,44)/t19?,20?,28-,29?,31+/m0/s1. The lowest BCUT2D eigenvalue weighted by atomic mass is 9.78. The Balaban J connectivity index is 1.40. The number of fused-ring (bicyclic) bond motifs is 1. The van der Waals surface area contributed by atoms with E-state index in [4.69, 9.17) is 9.47 Å². The molecule has 1 amide bonds. The number of ether oxygens (including phenoxy) is 2. The lowest BCUT2D eigenvalue weighted by Crippen LogP contribution is -2.31. The molecular formula is C35H33F6NO5. The van der Waals surface area contributed by atoms with Crippen molar-refractivity contribution in [2.75, 3.05) is 7.11 Å². The highest BCUT2D eigenvalue weighted by atomic mass is 19.4. The highest BCUT2D eigenvalue weighted by molar-refractivity contribution is 5.78. The van der Waals surface area contributed by atoms with Crippen molar-refractivity contribution in [1.82, 2.24) is 4.90 Å². The number of cyclic esters (lactones) is 1. The third-order valence-corrected chi connectivity index (χ3v) is 9.77. The monoisotopic (exact) mass is 661 g/mol. The maximum Gasteiger partial charge on any atom is 0.416 e. The Morgan fingerprint density at radius 3 is 2.17 bits per heavy atom. The number of hydrogen-bond donors (Lipinski definition) is 1. The molecule has 3 fully saturated rings. The van der Waals surface area contributed by atoms with Crippen LogP contribution >= 0.6 is 0 Å². The number of carboxylic acids is 1. The Bertz CT molecular complexity index is 1690. The van der Waals surface area contributed by atoms with Gasteiger partial charge in [-0.25, -0.2) is 4.79 Å². The summed E-state index contributed by atoms with van der Waals surface area (Å²) in [5, 5.41) is 9.41. The van der Waals surface area contributed by atoms with Crippen LogP contribution in [-0.4, -0.2) is 35.2 Å². The van der Waals surface area contributed by atoms with Gasteiger partial charge in [-0.3, -0.25) is 9.69 Å². The number of carbonyl (C=O) groups is 2. The number of aryl methyl sites for hydroxylation is 1. The minimum atomic E-state index is -4.68. The number of methoxy groups -OCH3 is 1. The summed E-state index contributed by atoms with van der Waals surface area (Å²) in [6.45, 7) is 1.51. The number of alkyl halides is 6. The van der Waals surface area contributed by atoms with Crippen molar-refractivity contribution in [3.63, 3.8) is 0 Å². The molecular weight excluding hydrogens is 628 g/mol. The van der Waals surface area contributed by atoms with Gasteiger partial charge in [0.15, 0.2) is 0 Å². The zero-order valence-corrected chi connectivity index (χ0v) is 25.6. The predicted octanol–water partition coefficient (Wildman–Crippen LogP) is 9.46. The van der Waals surface area contributed by atoms with Crippen LogP contribution in [0.3, 0.4) is 0 Å². The van der Waals surface area contributed by atoms with Crippen molar-refractivity contribution >= 4 is 12.1 Å². The molecule has 47 heavy (non-hydrogen) atoms. The van der Waals surface area contributed by atoms with E-state index < -0.39 is 59.6 Å². The third-order valence-electron chi connectivity index (χ3n) is 9.77. The molecule has 0 radical (unpaired) electrons. The second-order valence-corrected chi connectivity index (χ2v) is 12.6. The smallest absolute Gasteiger partial charge is 0.416 e. The molecule has 6 rings (SSSR count). The van der Waals surface area contributed by atoms with E-state index in [-0.39, 0.29) is 23.5 Å². The summed E-state index contributed by atoms with van der Waals surface area (Å²) in [4.78, 5) is 26.2. The summed E-state index contributed by atoms with van der Waals surface area (Å²) in [6, 6.07) is 10.8.